The van der Waals surface area contributed by atoms with E-state index in [9.17, 15) is 0 Å². The number of rotatable bonds is 6. The number of nitrogens with zero attached hydrogens (tertiary/aromatic N) is 4. The number of nitrogens with one attached hydrogen (secondary N) is 1. The van der Waals surface area contributed by atoms with E-state index in [4.69, 9.17) is 5.26 Å². The smallest absolute Gasteiger partial charge is 0.252 e. The van der Waals surface area contributed by atoms with Gasteiger partial charge in [-0.3, -0.25) is 0 Å². The van der Waals surface area contributed by atoms with Crippen molar-refractivity contribution in [2.24, 2.45) is 0 Å². The Bertz CT molecular complexity index is 579. The van der Waals surface area contributed by atoms with Crippen LogP contribution in [0.25, 0.3) is 5.69 Å². The predicted octanol–water partition coefficient (Wildman–Crippen LogP) is 2.59. The molecule has 0 saturated heterocycles. The summed E-state index contributed by atoms with van der Waals surface area (Å²) in [7, 11) is 0. The van der Waals surface area contributed by atoms with Crippen LogP contribution in [0.4, 0.5) is 0 Å². The summed E-state index contributed by atoms with van der Waals surface area (Å²) >= 11 is 0. The lowest BCUT2D eigenvalue weighted by atomic mass is 10.0. The van der Waals surface area contributed by atoms with E-state index >= 15 is 0 Å². The number of aromatic nitrogens is 3. The van der Waals surface area contributed by atoms with Gasteiger partial charge in [-0.2, -0.15) is 5.26 Å². The molecule has 104 valence electrons. The quantitative estimate of drug-likeness (QED) is 0.875. The van der Waals surface area contributed by atoms with E-state index in [-0.39, 0.29) is 5.82 Å². The van der Waals surface area contributed by atoms with E-state index in [1.54, 1.807) is 11.0 Å². The van der Waals surface area contributed by atoms with Gasteiger partial charge < -0.3 is 5.32 Å². The molecular formula is C15H19N5. The second-order valence-electron chi connectivity index (χ2n) is 4.63. The summed E-state index contributed by atoms with van der Waals surface area (Å²) in [4.78, 5) is 3.90. The first kappa shape index (κ1) is 14.2. The van der Waals surface area contributed by atoms with Crippen molar-refractivity contribution in [1.29, 1.82) is 5.26 Å². The number of nitriles is 1. The molecule has 5 heteroatoms. The Morgan fingerprint density at radius 3 is 2.60 bits per heavy atom. The van der Waals surface area contributed by atoms with Crippen LogP contribution in [0.5, 0.6) is 0 Å². The van der Waals surface area contributed by atoms with Gasteiger partial charge in [0.05, 0.1) is 5.69 Å². The normalized spacial score (nSPS) is 12.1. The van der Waals surface area contributed by atoms with Crippen LogP contribution in [-0.2, 0) is 0 Å². The molecule has 0 amide bonds. The van der Waals surface area contributed by atoms with Crippen LogP contribution in [0.1, 0.15) is 44.1 Å². The van der Waals surface area contributed by atoms with E-state index < -0.39 is 0 Å². The van der Waals surface area contributed by atoms with Crippen LogP contribution in [0.2, 0.25) is 0 Å². The molecule has 1 atom stereocenters. The number of benzene rings is 1. The van der Waals surface area contributed by atoms with Crippen molar-refractivity contribution in [3.05, 3.63) is 42.0 Å². The molecule has 0 bridgehead atoms. The zero-order chi connectivity index (χ0) is 14.4. The van der Waals surface area contributed by atoms with E-state index in [0.717, 1.165) is 25.1 Å². The van der Waals surface area contributed by atoms with Gasteiger partial charge in [-0.15, -0.1) is 5.10 Å². The summed E-state index contributed by atoms with van der Waals surface area (Å²) < 4.78 is 1.61. The largest absolute Gasteiger partial charge is 0.310 e. The van der Waals surface area contributed by atoms with Gasteiger partial charge >= 0.3 is 0 Å². The van der Waals surface area contributed by atoms with Crippen LogP contribution in [0, 0.1) is 11.3 Å². The van der Waals surface area contributed by atoms with Crippen molar-refractivity contribution in [2.45, 2.75) is 32.7 Å². The van der Waals surface area contributed by atoms with Gasteiger partial charge in [0, 0.05) is 6.04 Å². The minimum absolute atomic E-state index is 0.185. The summed E-state index contributed by atoms with van der Waals surface area (Å²) in [5.74, 6) is 0.185. The van der Waals surface area contributed by atoms with Gasteiger partial charge in [0.15, 0.2) is 0 Å². The third kappa shape index (κ3) is 3.22. The van der Waals surface area contributed by atoms with Crippen molar-refractivity contribution in [3.63, 3.8) is 0 Å². The van der Waals surface area contributed by atoms with Gasteiger partial charge in [0.2, 0.25) is 0 Å². The molecule has 1 aromatic heterocycles. The zero-order valence-electron chi connectivity index (χ0n) is 11.9. The summed E-state index contributed by atoms with van der Waals surface area (Å²) in [6.45, 7) is 5.37. The Balaban J connectivity index is 2.14. The zero-order valence-corrected chi connectivity index (χ0v) is 11.9. The third-order valence-corrected chi connectivity index (χ3v) is 3.20. The molecule has 0 aliphatic heterocycles. The SMILES string of the molecule is CCCNC(CC)c1ccc(-n2cnc(C#N)n2)cc1. The summed E-state index contributed by atoms with van der Waals surface area (Å²) in [6, 6.07) is 10.5. The van der Waals surface area contributed by atoms with Gasteiger partial charge in [0.1, 0.15) is 12.4 Å². The second kappa shape index (κ2) is 6.83. The molecule has 0 spiro atoms. The predicted molar refractivity (Wildman–Crippen MR) is 77.4 cm³/mol. The molecule has 1 heterocycles. The molecule has 0 aliphatic carbocycles. The van der Waals surface area contributed by atoms with Gasteiger partial charge in [-0.05, 0) is 37.1 Å². The average molecular weight is 269 g/mol. The van der Waals surface area contributed by atoms with E-state index in [2.05, 4.69) is 41.4 Å². The highest BCUT2D eigenvalue weighted by atomic mass is 15.3. The Kier molecular flexibility index (Phi) is 4.85. The van der Waals surface area contributed by atoms with Gasteiger partial charge in [0.25, 0.3) is 5.82 Å². The fourth-order valence-corrected chi connectivity index (χ4v) is 2.11. The van der Waals surface area contributed by atoms with Crippen molar-refractivity contribution in [2.75, 3.05) is 6.54 Å². The molecule has 1 unspecified atom stereocenters. The molecule has 5 nitrogen and oxygen atoms in total. The Morgan fingerprint density at radius 2 is 2.05 bits per heavy atom. The second-order valence-corrected chi connectivity index (χ2v) is 4.63. The minimum Gasteiger partial charge on any atom is -0.310 e. The highest BCUT2D eigenvalue weighted by Gasteiger charge is 2.08. The van der Waals surface area contributed by atoms with Crippen molar-refractivity contribution in [3.8, 4) is 11.8 Å². The van der Waals surface area contributed by atoms with E-state index in [1.807, 2.05) is 18.2 Å². The molecule has 2 rings (SSSR count). The van der Waals surface area contributed by atoms with E-state index in [0.29, 0.717) is 6.04 Å². The molecule has 1 aromatic carbocycles. The maximum Gasteiger partial charge on any atom is 0.252 e. The Morgan fingerprint density at radius 1 is 1.30 bits per heavy atom. The minimum atomic E-state index is 0.185. The van der Waals surface area contributed by atoms with Crippen molar-refractivity contribution in [1.82, 2.24) is 20.1 Å². The Hall–Kier alpha value is -2.19. The van der Waals surface area contributed by atoms with Gasteiger partial charge in [-0.25, -0.2) is 9.67 Å². The molecule has 2 aromatic rings. The average Bonchev–Trinajstić information content (AvgIpc) is 2.97. The van der Waals surface area contributed by atoms with Crippen LogP contribution in [0.15, 0.2) is 30.6 Å². The van der Waals surface area contributed by atoms with Crippen LogP contribution in [-0.4, -0.2) is 21.3 Å². The lowest BCUT2D eigenvalue weighted by molar-refractivity contribution is 0.518. The standard InChI is InChI=1S/C15H19N5/c1-3-9-17-14(4-2)12-5-7-13(8-6-12)20-11-18-15(10-16)19-20/h5-8,11,14,17H,3-4,9H2,1-2H3. The molecule has 1 N–H and O–H groups in total. The van der Waals surface area contributed by atoms with Crippen LogP contribution in [0.3, 0.4) is 0 Å². The molecule has 0 fully saturated rings. The first-order valence-corrected chi connectivity index (χ1v) is 6.94. The molecule has 0 radical (unpaired) electrons. The summed E-state index contributed by atoms with van der Waals surface area (Å²) in [6.07, 6.45) is 3.74. The molecule has 0 saturated carbocycles. The van der Waals surface area contributed by atoms with Crippen molar-refractivity contribution < 1.29 is 0 Å². The lowest BCUT2D eigenvalue weighted by Crippen LogP contribution is -2.21. The maximum absolute atomic E-state index is 8.73. The van der Waals surface area contributed by atoms with Crippen LogP contribution < -0.4 is 5.32 Å². The fraction of sp³-hybridized carbons (Fsp3) is 0.400. The fourth-order valence-electron chi connectivity index (χ4n) is 2.11. The number of hydrogen-bond donors (Lipinski definition) is 1. The molecule has 20 heavy (non-hydrogen) atoms. The van der Waals surface area contributed by atoms with Crippen molar-refractivity contribution >= 4 is 0 Å². The molecular weight excluding hydrogens is 250 g/mol. The lowest BCUT2D eigenvalue weighted by Gasteiger charge is -2.17. The first-order valence-electron chi connectivity index (χ1n) is 6.94. The summed E-state index contributed by atoms with van der Waals surface area (Å²) in [5.41, 5.74) is 2.18. The topological polar surface area (TPSA) is 66.5 Å². The number of hydrogen-bond acceptors (Lipinski definition) is 4. The first-order chi connectivity index (χ1) is 9.78. The summed E-state index contributed by atoms with van der Waals surface area (Å²) in [5, 5.41) is 16.3. The monoisotopic (exact) mass is 269 g/mol. The van der Waals surface area contributed by atoms with Crippen LogP contribution >= 0.6 is 0 Å². The Labute approximate surface area is 119 Å². The highest BCUT2D eigenvalue weighted by molar-refractivity contribution is 5.35. The maximum atomic E-state index is 8.73. The molecule has 0 aliphatic rings. The van der Waals surface area contributed by atoms with Gasteiger partial charge in [-0.1, -0.05) is 26.0 Å². The van der Waals surface area contributed by atoms with E-state index in [1.165, 1.54) is 5.56 Å². The third-order valence-electron chi connectivity index (χ3n) is 3.20. The highest BCUT2D eigenvalue weighted by Crippen LogP contribution is 2.18.